The molecular formula is C9H12N2. The largest absolute Gasteiger partial charge is 0.370 e. The van der Waals surface area contributed by atoms with E-state index in [2.05, 4.69) is 23.3 Å². The smallest absolute Gasteiger partial charge is 0.129 e. The van der Waals surface area contributed by atoms with E-state index in [9.17, 15) is 0 Å². The highest BCUT2D eigenvalue weighted by molar-refractivity contribution is 5.45. The van der Waals surface area contributed by atoms with Crippen molar-refractivity contribution in [1.29, 1.82) is 0 Å². The summed E-state index contributed by atoms with van der Waals surface area (Å²) in [5.74, 6) is 1.82. The SMILES string of the molecule is CC1CNc2ncccc2C1. The minimum atomic E-state index is 0.742. The molecule has 0 fully saturated rings. The van der Waals surface area contributed by atoms with Crippen molar-refractivity contribution < 1.29 is 0 Å². The molecule has 1 aliphatic rings. The van der Waals surface area contributed by atoms with Crippen LogP contribution in [-0.2, 0) is 6.42 Å². The van der Waals surface area contributed by atoms with Crippen LogP contribution in [0.1, 0.15) is 12.5 Å². The molecule has 2 heterocycles. The summed E-state index contributed by atoms with van der Waals surface area (Å²) in [7, 11) is 0. The maximum Gasteiger partial charge on any atom is 0.129 e. The lowest BCUT2D eigenvalue weighted by Crippen LogP contribution is -2.21. The lowest BCUT2D eigenvalue weighted by atomic mass is 9.98. The molecule has 1 aromatic rings. The molecule has 0 saturated carbocycles. The van der Waals surface area contributed by atoms with Crippen molar-refractivity contribution in [3.63, 3.8) is 0 Å². The zero-order valence-corrected chi connectivity index (χ0v) is 6.67. The number of pyridine rings is 1. The maximum absolute atomic E-state index is 4.24. The van der Waals surface area contributed by atoms with Gasteiger partial charge >= 0.3 is 0 Å². The Morgan fingerprint density at radius 3 is 3.45 bits per heavy atom. The van der Waals surface area contributed by atoms with Gasteiger partial charge in [0, 0.05) is 12.7 Å². The third kappa shape index (κ3) is 1.20. The van der Waals surface area contributed by atoms with Crippen LogP contribution in [0.2, 0.25) is 0 Å². The molecule has 0 aromatic carbocycles. The number of anilines is 1. The molecule has 1 aliphatic heterocycles. The van der Waals surface area contributed by atoms with Gasteiger partial charge in [0.1, 0.15) is 5.82 Å². The second-order valence-corrected chi connectivity index (χ2v) is 3.20. The summed E-state index contributed by atoms with van der Waals surface area (Å²) in [6.07, 6.45) is 3.00. The Morgan fingerprint density at radius 2 is 2.55 bits per heavy atom. The molecule has 58 valence electrons. The van der Waals surface area contributed by atoms with E-state index in [1.807, 2.05) is 12.3 Å². The molecule has 0 radical (unpaired) electrons. The van der Waals surface area contributed by atoms with E-state index < -0.39 is 0 Å². The van der Waals surface area contributed by atoms with E-state index in [1.54, 1.807) is 0 Å². The standard InChI is InChI=1S/C9H12N2/c1-7-5-8-3-2-4-10-9(8)11-6-7/h2-4,7H,5-6H2,1H3,(H,10,11). The molecule has 1 N–H and O–H groups in total. The lowest BCUT2D eigenvalue weighted by Gasteiger charge is -2.21. The van der Waals surface area contributed by atoms with Crippen LogP contribution in [0.3, 0.4) is 0 Å². The summed E-state index contributed by atoms with van der Waals surface area (Å²) in [6, 6.07) is 4.14. The second kappa shape index (κ2) is 2.53. The minimum absolute atomic E-state index is 0.742. The Kier molecular flexibility index (Phi) is 1.53. The fraction of sp³-hybridized carbons (Fsp3) is 0.444. The Hall–Kier alpha value is -1.05. The first-order valence-corrected chi connectivity index (χ1v) is 4.04. The zero-order valence-electron chi connectivity index (χ0n) is 6.67. The van der Waals surface area contributed by atoms with E-state index in [1.165, 1.54) is 5.56 Å². The summed E-state index contributed by atoms with van der Waals surface area (Å²) in [5, 5.41) is 3.30. The highest BCUT2D eigenvalue weighted by atomic mass is 15.0. The second-order valence-electron chi connectivity index (χ2n) is 3.20. The summed E-state index contributed by atoms with van der Waals surface area (Å²) in [6.45, 7) is 3.31. The Balaban J connectivity index is 2.34. The fourth-order valence-electron chi connectivity index (χ4n) is 1.48. The molecule has 11 heavy (non-hydrogen) atoms. The van der Waals surface area contributed by atoms with E-state index >= 15 is 0 Å². The van der Waals surface area contributed by atoms with Crippen LogP contribution in [0.15, 0.2) is 18.3 Å². The Bertz CT molecular complexity index is 257. The van der Waals surface area contributed by atoms with Gasteiger partial charge in [0.05, 0.1) is 0 Å². The van der Waals surface area contributed by atoms with Crippen molar-refractivity contribution in [1.82, 2.24) is 4.98 Å². The maximum atomic E-state index is 4.24. The third-order valence-electron chi connectivity index (χ3n) is 2.08. The van der Waals surface area contributed by atoms with E-state index in [-0.39, 0.29) is 0 Å². The topological polar surface area (TPSA) is 24.9 Å². The first-order valence-electron chi connectivity index (χ1n) is 4.04. The first kappa shape index (κ1) is 6.65. The van der Waals surface area contributed by atoms with Crippen molar-refractivity contribution in [3.8, 4) is 0 Å². The van der Waals surface area contributed by atoms with Crippen molar-refractivity contribution in [2.45, 2.75) is 13.3 Å². The number of nitrogens with one attached hydrogen (secondary N) is 1. The van der Waals surface area contributed by atoms with Crippen LogP contribution in [0.5, 0.6) is 0 Å². The number of hydrogen-bond acceptors (Lipinski definition) is 2. The molecular weight excluding hydrogens is 136 g/mol. The van der Waals surface area contributed by atoms with Gasteiger partial charge < -0.3 is 5.32 Å². The molecule has 2 nitrogen and oxygen atoms in total. The quantitative estimate of drug-likeness (QED) is 0.605. The van der Waals surface area contributed by atoms with E-state index in [0.717, 1.165) is 24.7 Å². The Labute approximate surface area is 66.7 Å². The lowest BCUT2D eigenvalue weighted by molar-refractivity contribution is 0.591. The van der Waals surface area contributed by atoms with Gasteiger partial charge in [-0.3, -0.25) is 0 Å². The molecule has 2 rings (SSSR count). The van der Waals surface area contributed by atoms with Crippen LogP contribution in [0.4, 0.5) is 5.82 Å². The van der Waals surface area contributed by atoms with Gasteiger partial charge in [0.2, 0.25) is 0 Å². The van der Waals surface area contributed by atoms with Crippen molar-refractivity contribution in [3.05, 3.63) is 23.9 Å². The van der Waals surface area contributed by atoms with Gasteiger partial charge in [0.25, 0.3) is 0 Å². The summed E-state index contributed by atoms with van der Waals surface area (Å²) < 4.78 is 0. The summed E-state index contributed by atoms with van der Waals surface area (Å²) in [4.78, 5) is 4.24. The number of aromatic nitrogens is 1. The van der Waals surface area contributed by atoms with Crippen LogP contribution in [0.25, 0.3) is 0 Å². The third-order valence-corrected chi connectivity index (χ3v) is 2.08. The van der Waals surface area contributed by atoms with Crippen molar-refractivity contribution in [2.24, 2.45) is 5.92 Å². The summed E-state index contributed by atoms with van der Waals surface area (Å²) in [5.41, 5.74) is 1.35. The molecule has 2 heteroatoms. The average Bonchev–Trinajstić information content (AvgIpc) is 2.04. The van der Waals surface area contributed by atoms with Crippen molar-refractivity contribution >= 4 is 5.82 Å². The predicted molar refractivity (Wildman–Crippen MR) is 45.6 cm³/mol. The molecule has 1 unspecified atom stereocenters. The van der Waals surface area contributed by atoms with Gasteiger partial charge in [-0.2, -0.15) is 0 Å². The van der Waals surface area contributed by atoms with Crippen molar-refractivity contribution in [2.75, 3.05) is 11.9 Å². The Morgan fingerprint density at radius 1 is 1.64 bits per heavy atom. The van der Waals surface area contributed by atoms with Gasteiger partial charge in [-0.25, -0.2) is 4.98 Å². The molecule has 0 aliphatic carbocycles. The van der Waals surface area contributed by atoms with Crippen LogP contribution < -0.4 is 5.32 Å². The first-order chi connectivity index (χ1) is 5.36. The number of hydrogen-bond donors (Lipinski definition) is 1. The monoisotopic (exact) mass is 148 g/mol. The highest BCUT2D eigenvalue weighted by Gasteiger charge is 2.13. The van der Waals surface area contributed by atoms with Gasteiger partial charge in [0.15, 0.2) is 0 Å². The van der Waals surface area contributed by atoms with E-state index in [4.69, 9.17) is 0 Å². The normalized spacial score (nSPS) is 22.1. The molecule has 0 bridgehead atoms. The molecule has 1 aromatic heterocycles. The predicted octanol–water partition coefficient (Wildman–Crippen LogP) is 1.69. The van der Waals surface area contributed by atoms with Crippen LogP contribution >= 0.6 is 0 Å². The van der Waals surface area contributed by atoms with Gasteiger partial charge in [-0.1, -0.05) is 13.0 Å². The number of nitrogens with zero attached hydrogens (tertiary/aromatic N) is 1. The minimum Gasteiger partial charge on any atom is -0.370 e. The molecule has 0 spiro atoms. The number of rotatable bonds is 0. The molecule has 0 amide bonds. The highest BCUT2D eigenvalue weighted by Crippen LogP contribution is 2.20. The molecule has 1 atom stereocenters. The van der Waals surface area contributed by atoms with Gasteiger partial charge in [-0.05, 0) is 24.0 Å². The van der Waals surface area contributed by atoms with Crippen LogP contribution in [0, 0.1) is 5.92 Å². The van der Waals surface area contributed by atoms with Gasteiger partial charge in [-0.15, -0.1) is 0 Å². The number of fused-ring (bicyclic) bond motifs is 1. The average molecular weight is 148 g/mol. The molecule has 0 saturated heterocycles. The summed E-state index contributed by atoms with van der Waals surface area (Å²) >= 11 is 0. The zero-order chi connectivity index (χ0) is 7.68. The van der Waals surface area contributed by atoms with E-state index in [0.29, 0.717) is 0 Å². The fourth-order valence-corrected chi connectivity index (χ4v) is 1.48. The van der Waals surface area contributed by atoms with Crippen LogP contribution in [-0.4, -0.2) is 11.5 Å².